The minimum absolute atomic E-state index is 0.0842. The van der Waals surface area contributed by atoms with E-state index < -0.39 is 6.09 Å². The van der Waals surface area contributed by atoms with Crippen molar-refractivity contribution in [3.63, 3.8) is 0 Å². The maximum absolute atomic E-state index is 13.7. The predicted octanol–water partition coefficient (Wildman–Crippen LogP) is 4.60. The predicted molar refractivity (Wildman–Crippen MR) is 121 cm³/mol. The van der Waals surface area contributed by atoms with Gasteiger partial charge in [0.15, 0.2) is 0 Å². The summed E-state index contributed by atoms with van der Waals surface area (Å²) in [5.74, 6) is -0.0842. The third-order valence-electron chi connectivity index (χ3n) is 5.64. The van der Waals surface area contributed by atoms with Crippen LogP contribution >= 0.6 is 11.6 Å². The molecule has 160 valence electrons. The lowest BCUT2D eigenvalue weighted by Crippen LogP contribution is -2.50. The number of carbonyl (C=O) groups is 2. The molecule has 6 nitrogen and oxygen atoms in total. The van der Waals surface area contributed by atoms with Gasteiger partial charge in [-0.2, -0.15) is 0 Å². The van der Waals surface area contributed by atoms with Crippen LogP contribution in [0.2, 0.25) is 5.02 Å². The molecule has 7 heteroatoms. The Bertz CT molecular complexity index is 1090. The van der Waals surface area contributed by atoms with Gasteiger partial charge in [0.2, 0.25) is 0 Å². The van der Waals surface area contributed by atoms with Crippen molar-refractivity contribution in [1.29, 1.82) is 0 Å². The van der Waals surface area contributed by atoms with Crippen LogP contribution < -0.4 is 0 Å². The van der Waals surface area contributed by atoms with Crippen LogP contribution in [0, 0.1) is 6.92 Å². The third kappa shape index (κ3) is 4.44. The van der Waals surface area contributed by atoms with Crippen molar-refractivity contribution in [3.8, 4) is 11.1 Å². The molecular formula is C24H24ClN3O3. The number of benzene rings is 2. The van der Waals surface area contributed by atoms with Crippen molar-refractivity contribution < 1.29 is 14.7 Å². The first-order valence-corrected chi connectivity index (χ1v) is 10.6. The van der Waals surface area contributed by atoms with Gasteiger partial charge in [0.25, 0.3) is 5.91 Å². The minimum Gasteiger partial charge on any atom is -0.465 e. The summed E-state index contributed by atoms with van der Waals surface area (Å²) in [5.41, 5.74) is 4.54. The highest BCUT2D eigenvalue weighted by Crippen LogP contribution is 2.32. The largest absolute Gasteiger partial charge is 0.465 e. The molecule has 1 fully saturated rings. The van der Waals surface area contributed by atoms with E-state index in [4.69, 9.17) is 11.6 Å². The Morgan fingerprint density at radius 3 is 2.16 bits per heavy atom. The van der Waals surface area contributed by atoms with Gasteiger partial charge in [-0.1, -0.05) is 54.1 Å². The molecule has 0 atom stereocenters. The zero-order valence-corrected chi connectivity index (χ0v) is 18.0. The normalized spacial score (nSPS) is 14.0. The lowest BCUT2D eigenvalue weighted by atomic mass is 10.0. The average Bonchev–Trinajstić information content (AvgIpc) is 3.10. The number of nitrogens with zero attached hydrogens (tertiary/aromatic N) is 3. The van der Waals surface area contributed by atoms with Crippen LogP contribution in [0.4, 0.5) is 4.79 Å². The SMILES string of the molecule is Cc1cn(Cc2ccccc2)c(C(=O)N2CCN(C(=O)O)CC2)c1-c1ccc(Cl)cc1. The number of hydrogen-bond acceptors (Lipinski definition) is 2. The Hall–Kier alpha value is -3.25. The van der Waals surface area contributed by atoms with Crippen molar-refractivity contribution in [2.75, 3.05) is 26.2 Å². The fourth-order valence-corrected chi connectivity index (χ4v) is 4.19. The first-order valence-electron chi connectivity index (χ1n) is 10.2. The van der Waals surface area contributed by atoms with Crippen molar-refractivity contribution >= 4 is 23.6 Å². The van der Waals surface area contributed by atoms with Gasteiger partial charge in [0, 0.05) is 49.5 Å². The molecule has 0 aliphatic carbocycles. The van der Waals surface area contributed by atoms with Crippen LogP contribution in [0.1, 0.15) is 21.6 Å². The number of hydrogen-bond donors (Lipinski definition) is 1. The topological polar surface area (TPSA) is 65.8 Å². The highest BCUT2D eigenvalue weighted by Gasteiger charge is 2.29. The summed E-state index contributed by atoms with van der Waals surface area (Å²) < 4.78 is 2.00. The second-order valence-corrected chi connectivity index (χ2v) is 8.15. The highest BCUT2D eigenvalue weighted by atomic mass is 35.5. The second-order valence-electron chi connectivity index (χ2n) is 7.72. The quantitative estimate of drug-likeness (QED) is 0.648. The van der Waals surface area contributed by atoms with Crippen molar-refractivity contribution in [1.82, 2.24) is 14.4 Å². The molecule has 1 aliphatic rings. The molecule has 3 aromatic rings. The van der Waals surface area contributed by atoms with Gasteiger partial charge in [-0.05, 0) is 35.7 Å². The fourth-order valence-electron chi connectivity index (χ4n) is 4.06. The van der Waals surface area contributed by atoms with Gasteiger partial charge >= 0.3 is 6.09 Å². The molecule has 0 bridgehead atoms. The minimum atomic E-state index is -0.947. The van der Waals surface area contributed by atoms with Crippen molar-refractivity contribution in [2.45, 2.75) is 13.5 Å². The monoisotopic (exact) mass is 437 g/mol. The molecule has 0 unspecified atom stereocenters. The number of rotatable bonds is 4. The molecule has 1 saturated heterocycles. The lowest BCUT2D eigenvalue weighted by Gasteiger charge is -2.33. The maximum atomic E-state index is 13.7. The van der Waals surface area contributed by atoms with Crippen LogP contribution in [0.15, 0.2) is 60.8 Å². The Labute approximate surface area is 186 Å². The summed E-state index contributed by atoms with van der Waals surface area (Å²) in [5, 5.41) is 9.86. The van der Waals surface area contributed by atoms with E-state index in [1.165, 1.54) is 4.90 Å². The van der Waals surface area contributed by atoms with Gasteiger partial charge in [0.05, 0.1) is 0 Å². The lowest BCUT2D eigenvalue weighted by molar-refractivity contribution is 0.0616. The Morgan fingerprint density at radius 2 is 1.55 bits per heavy atom. The smallest absolute Gasteiger partial charge is 0.407 e. The first kappa shape index (κ1) is 21.0. The summed E-state index contributed by atoms with van der Waals surface area (Å²) in [6, 6.07) is 17.5. The van der Waals surface area contributed by atoms with Crippen LogP contribution in [-0.2, 0) is 6.54 Å². The first-order chi connectivity index (χ1) is 14.9. The molecule has 2 heterocycles. The molecular weight excluding hydrogens is 414 g/mol. The molecule has 4 rings (SSSR count). The van der Waals surface area contributed by atoms with E-state index in [1.54, 1.807) is 4.90 Å². The van der Waals surface area contributed by atoms with E-state index in [-0.39, 0.29) is 5.91 Å². The number of aryl methyl sites for hydroxylation is 1. The van der Waals surface area contributed by atoms with Crippen molar-refractivity contribution in [2.24, 2.45) is 0 Å². The zero-order chi connectivity index (χ0) is 22.0. The molecule has 0 spiro atoms. The molecule has 1 aromatic heterocycles. The number of amides is 2. The Morgan fingerprint density at radius 1 is 0.935 bits per heavy atom. The summed E-state index contributed by atoms with van der Waals surface area (Å²) >= 11 is 6.08. The van der Waals surface area contributed by atoms with E-state index in [0.717, 1.165) is 22.3 Å². The Kier molecular flexibility index (Phi) is 6.00. The average molecular weight is 438 g/mol. The van der Waals surface area contributed by atoms with Crippen LogP contribution in [-0.4, -0.2) is 57.7 Å². The van der Waals surface area contributed by atoms with Crippen LogP contribution in [0.5, 0.6) is 0 Å². The standard InChI is InChI=1S/C24H24ClN3O3/c1-17-15-28(16-18-5-3-2-4-6-18)22(21(17)19-7-9-20(25)10-8-19)23(29)26-11-13-27(14-12-26)24(30)31/h2-10,15H,11-14,16H2,1H3,(H,30,31). The fraction of sp³-hybridized carbons (Fsp3) is 0.250. The molecule has 0 radical (unpaired) electrons. The molecule has 31 heavy (non-hydrogen) atoms. The number of halogens is 1. The molecule has 1 aliphatic heterocycles. The maximum Gasteiger partial charge on any atom is 0.407 e. The Balaban J connectivity index is 1.73. The summed E-state index contributed by atoms with van der Waals surface area (Å²) in [6.45, 7) is 3.96. The summed E-state index contributed by atoms with van der Waals surface area (Å²) in [4.78, 5) is 28.0. The van der Waals surface area contributed by atoms with Gasteiger partial charge in [-0.25, -0.2) is 4.79 Å². The number of carboxylic acid groups (broad SMARTS) is 1. The van der Waals surface area contributed by atoms with Gasteiger partial charge in [0.1, 0.15) is 5.69 Å². The summed E-state index contributed by atoms with van der Waals surface area (Å²) in [7, 11) is 0. The summed E-state index contributed by atoms with van der Waals surface area (Å²) in [6.07, 6.45) is 1.06. The molecule has 1 N–H and O–H groups in total. The second kappa shape index (κ2) is 8.86. The van der Waals surface area contributed by atoms with E-state index in [1.807, 2.05) is 72.3 Å². The molecule has 2 amide bonds. The zero-order valence-electron chi connectivity index (χ0n) is 17.3. The number of aromatic nitrogens is 1. The third-order valence-corrected chi connectivity index (χ3v) is 5.89. The van der Waals surface area contributed by atoms with E-state index in [9.17, 15) is 14.7 Å². The van der Waals surface area contributed by atoms with Crippen molar-refractivity contribution in [3.05, 3.63) is 82.6 Å². The van der Waals surface area contributed by atoms with Crippen LogP contribution in [0.25, 0.3) is 11.1 Å². The molecule has 2 aromatic carbocycles. The van der Waals surface area contributed by atoms with Crippen LogP contribution in [0.3, 0.4) is 0 Å². The van der Waals surface area contributed by atoms with Gasteiger partial charge < -0.3 is 19.5 Å². The van der Waals surface area contributed by atoms with Gasteiger partial charge in [-0.3, -0.25) is 4.79 Å². The van der Waals surface area contributed by atoms with E-state index >= 15 is 0 Å². The number of carbonyl (C=O) groups excluding carboxylic acids is 1. The highest BCUT2D eigenvalue weighted by molar-refractivity contribution is 6.30. The van der Waals surface area contributed by atoms with E-state index in [0.29, 0.717) is 43.4 Å². The van der Waals surface area contributed by atoms with Gasteiger partial charge in [-0.15, -0.1) is 0 Å². The van der Waals surface area contributed by atoms with E-state index in [2.05, 4.69) is 0 Å². The number of piperazine rings is 1. The molecule has 0 saturated carbocycles.